The topological polar surface area (TPSA) is 38.9 Å². The molecule has 3 heterocycles. The summed E-state index contributed by atoms with van der Waals surface area (Å²) in [6.45, 7) is 4.34. The van der Waals surface area contributed by atoms with Crippen LogP contribution in [0.5, 0.6) is 0 Å². The summed E-state index contributed by atoms with van der Waals surface area (Å²) in [6, 6.07) is 55.0. The van der Waals surface area contributed by atoms with Crippen molar-refractivity contribution < 1.29 is 34.1 Å². The van der Waals surface area contributed by atoms with Crippen molar-refractivity contribution in [3.8, 4) is 33.6 Å². The minimum Gasteiger partial charge on any atom is -0.501 e. The van der Waals surface area contributed by atoms with Crippen LogP contribution >= 0.6 is 0 Å². The molecule has 0 aliphatic carbocycles. The number of furan rings is 1. The van der Waals surface area contributed by atoms with E-state index in [2.05, 4.69) is 72.1 Å². The van der Waals surface area contributed by atoms with E-state index in [1.165, 1.54) is 6.07 Å². The van der Waals surface area contributed by atoms with Gasteiger partial charge in [-0.3, -0.25) is 0 Å². The summed E-state index contributed by atoms with van der Waals surface area (Å²) in [7, 11) is -1.87. The SMILES string of the molecule is [2H]C([2H])([2H])c1c[c-]c(-c2cc(C([2H])([2H])c3ccccc3)c([Si](C)(C)C)cn2)cc1.[2H]C([2H])(c1ccccc1)c1ccnc(-c2[c-]ccc3c2oc2cc(-c4ccccc4)ccc23)c1.[Ir]. The summed E-state index contributed by atoms with van der Waals surface area (Å²) in [5.41, 5.74) is 8.88. The molecule has 0 spiro atoms. The summed E-state index contributed by atoms with van der Waals surface area (Å²) >= 11 is 0. The number of hydrogen-bond acceptors (Lipinski definition) is 3. The Hall–Kier alpha value is -5.71. The first-order valence-corrected chi connectivity index (χ1v) is 22.1. The molecule has 0 aliphatic rings. The summed E-state index contributed by atoms with van der Waals surface area (Å²) in [6.07, 6.45) is 0.107. The molecule has 9 rings (SSSR count). The number of rotatable bonds is 8. The molecule has 0 fully saturated rings. The molecule has 0 aliphatic heterocycles. The molecule has 3 aromatic heterocycles. The normalized spacial score (nSPS) is 13.7. The van der Waals surface area contributed by atoms with Gasteiger partial charge in [0.15, 0.2) is 0 Å². The van der Waals surface area contributed by atoms with Gasteiger partial charge < -0.3 is 14.4 Å². The Kier molecular flexibility index (Phi) is 9.69. The summed E-state index contributed by atoms with van der Waals surface area (Å²) < 4.78 is 64.1. The van der Waals surface area contributed by atoms with E-state index in [4.69, 9.17) is 14.0 Å². The molecule has 0 saturated heterocycles. The molecule has 5 heteroatoms. The second kappa shape index (κ2) is 17.6. The number of pyridine rings is 2. The van der Waals surface area contributed by atoms with Crippen molar-refractivity contribution in [3.05, 3.63) is 210 Å². The van der Waals surface area contributed by atoms with E-state index in [-0.39, 0.29) is 25.7 Å². The molecule has 0 atom stereocenters. The fourth-order valence-corrected chi connectivity index (χ4v) is 8.03. The zero-order chi connectivity index (χ0) is 44.6. The van der Waals surface area contributed by atoms with Crippen LogP contribution in [-0.4, -0.2) is 18.0 Å². The van der Waals surface area contributed by atoms with Gasteiger partial charge in [-0.1, -0.05) is 158 Å². The van der Waals surface area contributed by atoms with Crippen molar-refractivity contribution in [3.63, 3.8) is 0 Å². The Labute approximate surface area is 360 Å². The van der Waals surface area contributed by atoms with Gasteiger partial charge in [-0.05, 0) is 69.3 Å². The van der Waals surface area contributed by atoms with Crippen LogP contribution in [0.1, 0.15) is 37.4 Å². The van der Waals surface area contributed by atoms with E-state index in [1.807, 2.05) is 66.7 Å². The first-order chi connectivity index (χ1) is 30.0. The number of hydrogen-bond donors (Lipinski definition) is 0. The third-order valence-corrected chi connectivity index (χ3v) is 11.5. The van der Waals surface area contributed by atoms with Crippen molar-refractivity contribution in [2.45, 2.75) is 39.2 Å². The fraction of sp³-hybridized carbons (Fsp3) is 0.115. The maximum Gasteiger partial charge on any atom is 0.121 e. The van der Waals surface area contributed by atoms with Crippen LogP contribution in [0.3, 0.4) is 0 Å². The van der Waals surface area contributed by atoms with Gasteiger partial charge in [-0.2, -0.15) is 0 Å². The molecule has 9 aromatic rings. The average molecular weight is 940 g/mol. The number of benzene rings is 6. The second-order valence-corrected chi connectivity index (χ2v) is 19.6. The predicted molar refractivity (Wildman–Crippen MR) is 236 cm³/mol. The van der Waals surface area contributed by atoms with Crippen molar-refractivity contribution in [1.29, 1.82) is 0 Å². The summed E-state index contributed by atoms with van der Waals surface area (Å²) in [4.78, 5) is 9.12. The third-order valence-electron chi connectivity index (χ3n) is 9.47. The molecule has 0 unspecified atom stereocenters. The number of aryl methyl sites for hydroxylation is 1. The van der Waals surface area contributed by atoms with Crippen molar-refractivity contribution in [2.75, 3.05) is 0 Å². The Morgan fingerprint density at radius 1 is 0.649 bits per heavy atom. The van der Waals surface area contributed by atoms with Gasteiger partial charge in [-0.15, -0.1) is 53.6 Å². The van der Waals surface area contributed by atoms with Crippen molar-refractivity contribution in [2.24, 2.45) is 0 Å². The molecule has 0 saturated carbocycles. The Bertz CT molecular complexity index is 3030. The zero-order valence-electron chi connectivity index (χ0n) is 38.8. The molecule has 3 nitrogen and oxygen atoms in total. The van der Waals surface area contributed by atoms with Gasteiger partial charge in [0.2, 0.25) is 0 Å². The molecule has 6 aromatic carbocycles. The average Bonchev–Trinajstić information content (AvgIpc) is 3.68. The van der Waals surface area contributed by atoms with E-state index in [9.17, 15) is 0 Å². The molecule has 0 amide bonds. The van der Waals surface area contributed by atoms with Gasteiger partial charge in [0.25, 0.3) is 0 Å². The van der Waals surface area contributed by atoms with Gasteiger partial charge in [0.1, 0.15) is 5.58 Å². The van der Waals surface area contributed by atoms with Crippen molar-refractivity contribution >= 4 is 35.2 Å². The van der Waals surface area contributed by atoms with E-state index >= 15 is 0 Å². The third kappa shape index (κ3) is 9.30. The quantitative estimate of drug-likeness (QED) is 0.113. The van der Waals surface area contributed by atoms with Crippen LogP contribution in [-0.2, 0) is 32.9 Å². The van der Waals surface area contributed by atoms with Gasteiger partial charge in [0.05, 0.1) is 13.7 Å². The summed E-state index contributed by atoms with van der Waals surface area (Å²) in [5, 5.41) is 2.98. The van der Waals surface area contributed by atoms with Gasteiger partial charge >= 0.3 is 0 Å². The van der Waals surface area contributed by atoms with Crippen LogP contribution in [0, 0.1) is 19.0 Å². The zero-order valence-corrected chi connectivity index (χ0v) is 35.2. The van der Waals surface area contributed by atoms with Crippen LogP contribution in [0.2, 0.25) is 19.6 Å². The number of nitrogens with zero attached hydrogens (tertiary/aromatic N) is 2. The van der Waals surface area contributed by atoms with Crippen LogP contribution in [0.4, 0.5) is 0 Å². The smallest absolute Gasteiger partial charge is 0.121 e. The summed E-state index contributed by atoms with van der Waals surface area (Å²) in [5.74, 6) is 0. The fourth-order valence-electron chi connectivity index (χ4n) is 6.64. The van der Waals surface area contributed by atoms with Crippen LogP contribution < -0.4 is 5.19 Å². The predicted octanol–water partition coefficient (Wildman–Crippen LogP) is 12.7. The van der Waals surface area contributed by atoms with E-state index in [1.54, 1.807) is 67.0 Å². The van der Waals surface area contributed by atoms with Gasteiger partial charge in [-0.25, -0.2) is 0 Å². The van der Waals surface area contributed by atoms with Crippen molar-refractivity contribution in [1.82, 2.24) is 9.97 Å². The molecule has 57 heavy (non-hydrogen) atoms. The minimum absolute atomic E-state index is 0. The second-order valence-electron chi connectivity index (χ2n) is 14.5. The molecule has 0 bridgehead atoms. The Balaban J connectivity index is 0.000000191. The number of fused-ring (bicyclic) bond motifs is 3. The van der Waals surface area contributed by atoms with E-state index in [0.717, 1.165) is 38.2 Å². The maximum atomic E-state index is 8.88. The van der Waals surface area contributed by atoms with Crippen LogP contribution in [0.15, 0.2) is 175 Å². The molecule has 0 N–H and O–H groups in total. The van der Waals surface area contributed by atoms with Gasteiger partial charge in [0, 0.05) is 47.5 Å². The minimum atomic E-state index is -2.18. The molecular weight excluding hydrogens is 889 g/mol. The monoisotopic (exact) mass is 940 g/mol. The first kappa shape index (κ1) is 31.4. The first-order valence-electron chi connectivity index (χ1n) is 22.1. The Morgan fingerprint density at radius 2 is 1.37 bits per heavy atom. The van der Waals surface area contributed by atoms with E-state index < -0.39 is 27.7 Å². The largest absolute Gasteiger partial charge is 0.501 e. The standard InChI is InChI=1S/C30H20NO.C22H24NSi.Ir/c1-3-8-21(9-4-1)18-22-16-17-31-28(19-22)27-13-7-12-26-25-15-14-24(20-29(25)32-30(26)27)23-10-5-2-6-11-23;1-17-10-12-19(13-11-17)21-15-20(14-18-8-6-5-7-9-18)22(16-23-21)24(2,3)4;/h1-12,14-17,19-20H,18H2;5-12,15-16H,14H2,1-4H3;/q2*-1;/i18D2;1D3,14D2;. The Morgan fingerprint density at radius 3 is 2.05 bits per heavy atom. The molecule has 1 radical (unpaired) electrons. The van der Waals surface area contributed by atoms with E-state index in [0.29, 0.717) is 44.8 Å². The maximum absolute atomic E-state index is 8.88. The molecular formula is C52H44IrN2OSi-2. The van der Waals surface area contributed by atoms with Crippen LogP contribution in [0.25, 0.3) is 55.6 Å². The molecule has 283 valence electrons. The number of aromatic nitrogens is 2.